The summed E-state index contributed by atoms with van der Waals surface area (Å²) in [4.78, 5) is 14.2. The molecule has 0 saturated carbocycles. The molecule has 0 aliphatic heterocycles. The highest BCUT2D eigenvalue weighted by Crippen LogP contribution is 2.28. The molecule has 0 unspecified atom stereocenters. The van der Waals surface area contributed by atoms with E-state index in [1.54, 1.807) is 19.1 Å². The van der Waals surface area contributed by atoms with E-state index in [0.717, 1.165) is 0 Å². The lowest BCUT2D eigenvalue weighted by Crippen LogP contribution is -2.13. The summed E-state index contributed by atoms with van der Waals surface area (Å²) in [5.74, 6) is 0.460. The minimum absolute atomic E-state index is 0.0114. The normalized spacial score (nSPS) is 10.1. The van der Waals surface area contributed by atoms with Crippen LogP contribution in [-0.2, 0) is 0 Å². The Labute approximate surface area is 114 Å². The number of nitrogens with one attached hydrogen (secondary N) is 1. The number of aromatic nitrogens is 1. The number of hydrogen-bond acceptors (Lipinski definition) is 5. The van der Waals surface area contributed by atoms with E-state index in [1.165, 1.54) is 24.4 Å². The zero-order valence-corrected chi connectivity index (χ0v) is 10.7. The van der Waals surface area contributed by atoms with Crippen LogP contribution >= 0.6 is 0 Å². The van der Waals surface area contributed by atoms with E-state index in [4.69, 9.17) is 15.9 Å². The zero-order valence-electron chi connectivity index (χ0n) is 10.7. The van der Waals surface area contributed by atoms with Gasteiger partial charge in [-0.2, -0.15) is 0 Å². The molecule has 2 rings (SSSR count). The third-order valence-electron chi connectivity index (χ3n) is 2.64. The van der Waals surface area contributed by atoms with E-state index >= 15 is 0 Å². The Hall–Kier alpha value is -2.96. The number of nitro groups is 1. The smallest absolute Gasteiger partial charge is 0.269 e. The van der Waals surface area contributed by atoms with Crippen LogP contribution in [0.15, 0.2) is 36.5 Å². The third-order valence-corrected chi connectivity index (χ3v) is 2.64. The molecule has 0 bridgehead atoms. The molecule has 7 nitrogen and oxygen atoms in total. The molecule has 1 aromatic heterocycles. The van der Waals surface area contributed by atoms with Gasteiger partial charge in [-0.1, -0.05) is 0 Å². The highest BCUT2D eigenvalue weighted by atomic mass is 16.6. The largest absolute Gasteiger partial charge is 0.438 e. The lowest BCUT2D eigenvalue weighted by molar-refractivity contribution is -0.384. The number of nitrogen functional groups attached to an aromatic ring is 1. The number of nitro benzene ring substituents is 1. The molecular weight excluding hydrogens is 260 g/mol. The molecule has 2 aromatic rings. The van der Waals surface area contributed by atoms with Crippen molar-refractivity contribution in [2.75, 3.05) is 0 Å². The van der Waals surface area contributed by atoms with E-state index in [-0.39, 0.29) is 17.4 Å². The molecule has 0 atom stereocenters. The first-order valence-corrected chi connectivity index (χ1v) is 5.71. The van der Waals surface area contributed by atoms with Crippen LogP contribution in [0.1, 0.15) is 11.1 Å². The van der Waals surface area contributed by atoms with E-state index in [0.29, 0.717) is 16.9 Å². The Bertz CT molecular complexity index is 685. The molecule has 7 heteroatoms. The Balaban J connectivity index is 2.36. The highest BCUT2D eigenvalue weighted by Gasteiger charge is 2.13. The van der Waals surface area contributed by atoms with Gasteiger partial charge in [0.05, 0.1) is 10.5 Å². The quantitative estimate of drug-likeness (QED) is 0.383. The number of aryl methyl sites for hydroxylation is 1. The second-order valence-corrected chi connectivity index (χ2v) is 4.08. The van der Waals surface area contributed by atoms with E-state index in [1.807, 2.05) is 0 Å². The van der Waals surface area contributed by atoms with Gasteiger partial charge in [-0.15, -0.1) is 0 Å². The summed E-state index contributed by atoms with van der Waals surface area (Å²) in [6, 6.07) is 7.51. The maximum absolute atomic E-state index is 10.7. The molecule has 0 saturated heterocycles. The summed E-state index contributed by atoms with van der Waals surface area (Å²) in [6.45, 7) is 1.69. The van der Waals surface area contributed by atoms with E-state index in [9.17, 15) is 10.1 Å². The van der Waals surface area contributed by atoms with Crippen molar-refractivity contribution in [3.63, 3.8) is 0 Å². The average Bonchev–Trinajstić information content (AvgIpc) is 2.41. The van der Waals surface area contributed by atoms with Crippen molar-refractivity contribution in [3.8, 4) is 11.6 Å². The van der Waals surface area contributed by atoms with Crippen LogP contribution in [-0.4, -0.2) is 15.7 Å². The monoisotopic (exact) mass is 272 g/mol. The number of nitrogens with zero attached hydrogens (tertiary/aromatic N) is 2. The van der Waals surface area contributed by atoms with Crippen LogP contribution in [0.25, 0.3) is 0 Å². The standard InChI is InChI=1S/C13H12N4O3/c1-8-7-9(17(18)19)4-5-11(8)20-13-10(12(14)15)3-2-6-16-13/h2-7H,1H3,(H3,14,15). The number of benzene rings is 1. The zero-order chi connectivity index (χ0) is 14.7. The summed E-state index contributed by atoms with van der Waals surface area (Å²) in [5, 5.41) is 18.1. The Morgan fingerprint density at radius 1 is 1.45 bits per heavy atom. The number of amidine groups is 1. The average molecular weight is 272 g/mol. The Kier molecular flexibility index (Phi) is 3.60. The molecule has 1 aromatic carbocycles. The van der Waals surface area contributed by atoms with Gasteiger partial charge in [0.15, 0.2) is 0 Å². The molecular formula is C13H12N4O3. The van der Waals surface area contributed by atoms with Crippen molar-refractivity contribution in [2.45, 2.75) is 6.92 Å². The predicted molar refractivity (Wildman–Crippen MR) is 73.2 cm³/mol. The van der Waals surface area contributed by atoms with Gasteiger partial charge in [0.25, 0.3) is 5.69 Å². The maximum Gasteiger partial charge on any atom is 0.269 e. The van der Waals surface area contributed by atoms with Crippen molar-refractivity contribution >= 4 is 11.5 Å². The molecule has 0 amide bonds. The number of hydrogen-bond donors (Lipinski definition) is 2. The summed E-state index contributed by atoms with van der Waals surface area (Å²) in [6.07, 6.45) is 1.52. The Morgan fingerprint density at radius 3 is 2.80 bits per heavy atom. The van der Waals surface area contributed by atoms with Crippen LogP contribution in [0.2, 0.25) is 0 Å². The molecule has 1 heterocycles. The van der Waals surface area contributed by atoms with Crippen LogP contribution in [0.3, 0.4) is 0 Å². The van der Waals surface area contributed by atoms with Crippen molar-refractivity contribution in [2.24, 2.45) is 5.73 Å². The van der Waals surface area contributed by atoms with Gasteiger partial charge in [0.1, 0.15) is 11.6 Å². The van der Waals surface area contributed by atoms with Crippen molar-refractivity contribution in [1.29, 1.82) is 5.41 Å². The number of pyridine rings is 1. The fraction of sp³-hybridized carbons (Fsp3) is 0.0769. The first-order valence-electron chi connectivity index (χ1n) is 5.71. The fourth-order valence-electron chi connectivity index (χ4n) is 1.64. The SMILES string of the molecule is Cc1cc([N+](=O)[O-])ccc1Oc1ncccc1C(=N)N. The lowest BCUT2D eigenvalue weighted by atomic mass is 10.2. The minimum Gasteiger partial charge on any atom is -0.438 e. The topological polar surface area (TPSA) is 115 Å². The van der Waals surface area contributed by atoms with Crippen LogP contribution in [0.5, 0.6) is 11.6 Å². The highest BCUT2D eigenvalue weighted by molar-refractivity contribution is 5.97. The Morgan fingerprint density at radius 2 is 2.20 bits per heavy atom. The lowest BCUT2D eigenvalue weighted by Gasteiger charge is -2.10. The van der Waals surface area contributed by atoms with E-state index in [2.05, 4.69) is 4.98 Å². The van der Waals surface area contributed by atoms with Gasteiger partial charge in [0, 0.05) is 18.3 Å². The first-order chi connectivity index (χ1) is 9.49. The first kappa shape index (κ1) is 13.5. The molecule has 102 valence electrons. The number of non-ortho nitro benzene ring substituents is 1. The predicted octanol–water partition coefficient (Wildman–Crippen LogP) is 2.37. The van der Waals surface area contributed by atoms with Gasteiger partial charge in [-0.25, -0.2) is 4.98 Å². The molecule has 3 N–H and O–H groups in total. The molecule has 0 spiro atoms. The van der Waals surface area contributed by atoms with Crippen LogP contribution < -0.4 is 10.5 Å². The number of rotatable bonds is 4. The summed E-state index contributed by atoms with van der Waals surface area (Å²) >= 11 is 0. The molecule has 20 heavy (non-hydrogen) atoms. The van der Waals surface area contributed by atoms with Gasteiger partial charge in [-0.3, -0.25) is 15.5 Å². The number of ether oxygens (including phenoxy) is 1. The van der Waals surface area contributed by atoms with Gasteiger partial charge < -0.3 is 10.5 Å². The van der Waals surface area contributed by atoms with Crippen LogP contribution in [0.4, 0.5) is 5.69 Å². The molecule has 0 radical (unpaired) electrons. The third kappa shape index (κ3) is 2.72. The summed E-state index contributed by atoms with van der Waals surface area (Å²) < 4.78 is 5.58. The second-order valence-electron chi connectivity index (χ2n) is 4.08. The maximum atomic E-state index is 10.7. The van der Waals surface area contributed by atoms with Gasteiger partial charge in [0.2, 0.25) is 5.88 Å². The fourth-order valence-corrected chi connectivity index (χ4v) is 1.64. The molecule has 0 aliphatic carbocycles. The minimum atomic E-state index is -0.474. The van der Waals surface area contributed by atoms with Crippen molar-refractivity contribution in [3.05, 3.63) is 57.8 Å². The van der Waals surface area contributed by atoms with Crippen LogP contribution in [0, 0.1) is 22.4 Å². The van der Waals surface area contributed by atoms with Crippen molar-refractivity contribution < 1.29 is 9.66 Å². The second kappa shape index (κ2) is 5.35. The van der Waals surface area contributed by atoms with Crippen molar-refractivity contribution in [1.82, 2.24) is 4.98 Å². The molecule has 0 fully saturated rings. The summed E-state index contributed by atoms with van der Waals surface area (Å²) in [7, 11) is 0. The number of nitrogens with two attached hydrogens (primary N) is 1. The van der Waals surface area contributed by atoms with Gasteiger partial charge in [-0.05, 0) is 30.7 Å². The van der Waals surface area contributed by atoms with Gasteiger partial charge >= 0.3 is 0 Å². The molecule has 0 aliphatic rings. The summed E-state index contributed by atoms with van der Waals surface area (Å²) in [5.41, 5.74) is 6.40. The van der Waals surface area contributed by atoms with E-state index < -0.39 is 4.92 Å².